The molecule has 0 aromatic heterocycles. The zero-order valence-corrected chi connectivity index (χ0v) is 12.5. The topological polar surface area (TPSA) is 41.5 Å². The van der Waals surface area contributed by atoms with E-state index in [9.17, 15) is 18.3 Å². The van der Waals surface area contributed by atoms with Crippen LogP contribution in [-0.2, 0) is 6.54 Å². The fourth-order valence-electron chi connectivity index (χ4n) is 2.28. The number of hydrogen-bond acceptors (Lipinski definition) is 3. The maximum atomic E-state index is 12.1. The van der Waals surface area contributed by atoms with Gasteiger partial charge in [-0.3, -0.25) is 0 Å². The van der Waals surface area contributed by atoms with Gasteiger partial charge in [0.1, 0.15) is 5.75 Å². The first-order chi connectivity index (χ1) is 9.57. The first kappa shape index (κ1) is 17.8. The Morgan fingerprint density at radius 2 is 1.95 bits per heavy atom. The summed E-state index contributed by atoms with van der Waals surface area (Å²) in [5.74, 6) is 0.126. The molecule has 1 atom stereocenters. The average Bonchev–Trinajstić information content (AvgIpc) is 2.24. The molecule has 0 bridgehead atoms. The van der Waals surface area contributed by atoms with Crippen LogP contribution in [0.2, 0.25) is 0 Å². The molecule has 21 heavy (non-hydrogen) atoms. The van der Waals surface area contributed by atoms with Crippen LogP contribution in [0.15, 0.2) is 24.3 Å². The van der Waals surface area contributed by atoms with Gasteiger partial charge in [0.2, 0.25) is 0 Å². The van der Waals surface area contributed by atoms with Crippen LogP contribution >= 0.6 is 0 Å². The minimum Gasteiger partial charge on any atom is -0.406 e. The Balaban J connectivity index is 2.51. The normalized spacial score (nSPS) is 15.0. The summed E-state index contributed by atoms with van der Waals surface area (Å²) in [4.78, 5) is 0. The Morgan fingerprint density at radius 1 is 1.29 bits per heavy atom. The molecule has 120 valence electrons. The van der Waals surface area contributed by atoms with Crippen molar-refractivity contribution in [2.75, 3.05) is 6.54 Å². The van der Waals surface area contributed by atoms with Gasteiger partial charge in [-0.1, -0.05) is 26.0 Å². The number of halogens is 3. The smallest absolute Gasteiger partial charge is 0.406 e. The SMILES string of the molecule is CC(C)CC(C)(O)CNCc1cccc(OC(F)(F)F)c1. The highest BCUT2D eigenvalue weighted by atomic mass is 19.4. The lowest BCUT2D eigenvalue weighted by atomic mass is 9.94. The van der Waals surface area contributed by atoms with E-state index in [4.69, 9.17) is 0 Å². The Morgan fingerprint density at radius 3 is 2.52 bits per heavy atom. The molecule has 0 saturated carbocycles. The Bertz CT molecular complexity index is 445. The van der Waals surface area contributed by atoms with Gasteiger partial charge in [0.05, 0.1) is 5.60 Å². The second kappa shape index (κ2) is 7.13. The van der Waals surface area contributed by atoms with E-state index >= 15 is 0 Å². The van der Waals surface area contributed by atoms with Gasteiger partial charge in [-0.25, -0.2) is 0 Å². The molecule has 0 aliphatic carbocycles. The fourth-order valence-corrected chi connectivity index (χ4v) is 2.28. The molecule has 0 saturated heterocycles. The van der Waals surface area contributed by atoms with Crippen LogP contribution in [-0.4, -0.2) is 23.6 Å². The van der Waals surface area contributed by atoms with E-state index in [1.54, 1.807) is 13.0 Å². The number of alkyl halides is 3. The van der Waals surface area contributed by atoms with Gasteiger partial charge in [0.15, 0.2) is 0 Å². The maximum absolute atomic E-state index is 12.1. The number of ether oxygens (including phenoxy) is 1. The summed E-state index contributed by atoms with van der Waals surface area (Å²) in [6, 6.07) is 5.79. The van der Waals surface area contributed by atoms with E-state index < -0.39 is 12.0 Å². The summed E-state index contributed by atoms with van der Waals surface area (Å²) >= 11 is 0. The van der Waals surface area contributed by atoms with Crippen LogP contribution in [0.3, 0.4) is 0 Å². The summed E-state index contributed by atoms with van der Waals surface area (Å²) in [6.45, 7) is 6.51. The van der Waals surface area contributed by atoms with Crippen LogP contribution in [0.5, 0.6) is 5.75 Å². The van der Waals surface area contributed by atoms with Crippen molar-refractivity contribution in [3.05, 3.63) is 29.8 Å². The van der Waals surface area contributed by atoms with Gasteiger partial charge in [-0.2, -0.15) is 0 Å². The van der Waals surface area contributed by atoms with E-state index in [0.29, 0.717) is 31.0 Å². The average molecular weight is 305 g/mol. The van der Waals surface area contributed by atoms with Gasteiger partial charge < -0.3 is 15.2 Å². The Labute approximate surface area is 123 Å². The van der Waals surface area contributed by atoms with Crippen LogP contribution < -0.4 is 10.1 Å². The van der Waals surface area contributed by atoms with Crippen molar-refractivity contribution in [1.82, 2.24) is 5.32 Å². The molecule has 0 heterocycles. The highest BCUT2D eigenvalue weighted by Crippen LogP contribution is 2.23. The molecule has 1 unspecified atom stereocenters. The quantitative estimate of drug-likeness (QED) is 0.810. The second-order valence-electron chi connectivity index (χ2n) is 5.89. The van der Waals surface area contributed by atoms with Crippen LogP contribution in [0, 0.1) is 5.92 Å². The fraction of sp³-hybridized carbons (Fsp3) is 0.600. The van der Waals surface area contributed by atoms with Crippen LogP contribution in [0.1, 0.15) is 32.8 Å². The third-order valence-electron chi connectivity index (χ3n) is 2.81. The zero-order valence-electron chi connectivity index (χ0n) is 12.5. The first-order valence-corrected chi connectivity index (χ1v) is 6.85. The van der Waals surface area contributed by atoms with Crippen LogP contribution in [0.4, 0.5) is 13.2 Å². The standard InChI is InChI=1S/C15H22F3NO2/c1-11(2)8-14(3,20)10-19-9-12-5-4-6-13(7-12)21-15(16,17)18/h4-7,11,19-20H,8-10H2,1-3H3. The highest BCUT2D eigenvalue weighted by molar-refractivity contribution is 5.28. The lowest BCUT2D eigenvalue weighted by Gasteiger charge is -2.25. The van der Waals surface area contributed by atoms with Gasteiger partial charge in [0, 0.05) is 13.1 Å². The van der Waals surface area contributed by atoms with Crippen molar-refractivity contribution in [3.8, 4) is 5.75 Å². The summed E-state index contributed by atoms with van der Waals surface area (Å²) in [6.07, 6.45) is -4.04. The van der Waals surface area contributed by atoms with E-state index in [-0.39, 0.29) is 5.75 Å². The largest absolute Gasteiger partial charge is 0.573 e. The summed E-state index contributed by atoms with van der Waals surface area (Å²) in [5, 5.41) is 13.2. The number of aliphatic hydroxyl groups is 1. The maximum Gasteiger partial charge on any atom is 0.573 e. The Hall–Kier alpha value is -1.27. The molecular formula is C15H22F3NO2. The molecule has 1 aromatic carbocycles. The van der Waals surface area contributed by atoms with Crippen molar-refractivity contribution in [1.29, 1.82) is 0 Å². The van der Waals surface area contributed by atoms with Crippen molar-refractivity contribution >= 4 is 0 Å². The predicted octanol–water partition coefficient (Wildman–Crippen LogP) is 3.47. The molecule has 3 nitrogen and oxygen atoms in total. The van der Waals surface area contributed by atoms with Crippen molar-refractivity contribution in [2.24, 2.45) is 5.92 Å². The van der Waals surface area contributed by atoms with E-state index in [1.807, 2.05) is 13.8 Å². The molecule has 1 aromatic rings. The lowest BCUT2D eigenvalue weighted by Crippen LogP contribution is -2.38. The van der Waals surface area contributed by atoms with Crippen molar-refractivity contribution < 1.29 is 23.0 Å². The van der Waals surface area contributed by atoms with Gasteiger partial charge >= 0.3 is 6.36 Å². The monoisotopic (exact) mass is 305 g/mol. The molecule has 1 rings (SSSR count). The molecule has 6 heteroatoms. The zero-order chi connectivity index (χ0) is 16.1. The summed E-state index contributed by atoms with van der Waals surface area (Å²) in [5.41, 5.74) is -0.175. The summed E-state index contributed by atoms with van der Waals surface area (Å²) < 4.78 is 40.3. The number of nitrogens with one attached hydrogen (secondary N) is 1. The number of hydrogen-bond donors (Lipinski definition) is 2. The second-order valence-corrected chi connectivity index (χ2v) is 5.89. The minimum absolute atomic E-state index is 0.240. The third kappa shape index (κ3) is 7.92. The molecular weight excluding hydrogens is 283 g/mol. The third-order valence-corrected chi connectivity index (χ3v) is 2.81. The molecule has 2 N–H and O–H groups in total. The van der Waals surface area contributed by atoms with E-state index in [1.165, 1.54) is 18.2 Å². The summed E-state index contributed by atoms with van der Waals surface area (Å²) in [7, 11) is 0. The van der Waals surface area contributed by atoms with Crippen molar-refractivity contribution in [3.63, 3.8) is 0 Å². The Kier molecular flexibility index (Phi) is 6.04. The molecule has 0 aliphatic rings. The minimum atomic E-state index is -4.69. The highest BCUT2D eigenvalue weighted by Gasteiger charge is 2.31. The molecule has 0 aliphatic heterocycles. The van der Waals surface area contributed by atoms with E-state index in [0.717, 1.165) is 0 Å². The predicted molar refractivity (Wildman–Crippen MR) is 74.9 cm³/mol. The van der Waals surface area contributed by atoms with Crippen molar-refractivity contribution in [2.45, 2.75) is 45.7 Å². The number of rotatable bonds is 7. The molecule has 0 spiro atoms. The molecule has 0 radical (unpaired) electrons. The van der Waals surface area contributed by atoms with Gasteiger partial charge in [-0.15, -0.1) is 13.2 Å². The molecule has 0 amide bonds. The molecule has 0 fully saturated rings. The first-order valence-electron chi connectivity index (χ1n) is 6.85. The van der Waals surface area contributed by atoms with Gasteiger partial charge in [-0.05, 0) is 37.0 Å². The van der Waals surface area contributed by atoms with Crippen LogP contribution in [0.25, 0.3) is 0 Å². The lowest BCUT2D eigenvalue weighted by molar-refractivity contribution is -0.274. The van der Waals surface area contributed by atoms with Gasteiger partial charge in [0.25, 0.3) is 0 Å². The van der Waals surface area contributed by atoms with E-state index in [2.05, 4.69) is 10.1 Å². The number of benzene rings is 1.